The maximum Gasteiger partial charge on any atom is 0.0722 e. The molecular weight excluding hydrogens is 208 g/mol. The molecule has 0 amide bonds. The van der Waals surface area contributed by atoms with Crippen molar-refractivity contribution in [2.45, 2.75) is 19.8 Å². The zero-order valence-electron chi connectivity index (χ0n) is 10.2. The topological polar surface area (TPSA) is 24.9 Å². The Morgan fingerprint density at radius 3 is 2.94 bits per heavy atom. The van der Waals surface area contributed by atoms with Gasteiger partial charge in [0.1, 0.15) is 0 Å². The van der Waals surface area contributed by atoms with E-state index in [0.717, 1.165) is 23.9 Å². The third-order valence-corrected chi connectivity index (χ3v) is 3.69. The minimum absolute atomic E-state index is 0.780. The van der Waals surface area contributed by atoms with E-state index in [1.807, 2.05) is 12.3 Å². The van der Waals surface area contributed by atoms with Crippen LogP contribution in [0.5, 0.6) is 0 Å². The number of benzene rings is 1. The fourth-order valence-corrected chi connectivity index (χ4v) is 2.35. The molecule has 0 bridgehead atoms. The van der Waals surface area contributed by atoms with E-state index in [4.69, 9.17) is 0 Å². The van der Waals surface area contributed by atoms with Gasteiger partial charge in [-0.15, -0.1) is 0 Å². The summed E-state index contributed by atoms with van der Waals surface area (Å²) in [5, 5.41) is 4.79. The molecular formula is C15H18N2. The highest BCUT2D eigenvalue weighted by molar-refractivity contribution is 5.90. The maximum absolute atomic E-state index is 4.38. The Bertz CT molecular complexity index is 512. The van der Waals surface area contributed by atoms with Crippen molar-refractivity contribution in [1.82, 2.24) is 4.98 Å². The molecule has 1 aromatic carbocycles. The van der Waals surface area contributed by atoms with Crippen molar-refractivity contribution in [3.05, 3.63) is 36.5 Å². The number of rotatable bonds is 4. The number of nitrogens with one attached hydrogen (secondary N) is 1. The largest absolute Gasteiger partial charge is 0.384 e. The summed E-state index contributed by atoms with van der Waals surface area (Å²) in [5.74, 6) is 1.73. The van der Waals surface area contributed by atoms with Crippen LogP contribution in [0, 0.1) is 11.8 Å². The number of aromatic nitrogens is 1. The fraction of sp³-hybridized carbons (Fsp3) is 0.400. The normalized spacial score (nSPS) is 17.0. The van der Waals surface area contributed by atoms with Gasteiger partial charge in [-0.1, -0.05) is 25.1 Å². The second-order valence-electron chi connectivity index (χ2n) is 5.07. The lowest BCUT2D eigenvalue weighted by molar-refractivity contribution is 0.537. The molecule has 3 rings (SSSR count). The minimum atomic E-state index is 0.780. The first-order chi connectivity index (χ1) is 8.34. The number of hydrogen-bond donors (Lipinski definition) is 1. The maximum atomic E-state index is 4.38. The first-order valence-electron chi connectivity index (χ1n) is 6.42. The molecule has 0 spiro atoms. The summed E-state index contributed by atoms with van der Waals surface area (Å²) < 4.78 is 0. The molecule has 1 saturated carbocycles. The van der Waals surface area contributed by atoms with Crippen LogP contribution in [0.25, 0.3) is 10.9 Å². The predicted molar refractivity (Wildman–Crippen MR) is 72.1 cm³/mol. The fourth-order valence-electron chi connectivity index (χ4n) is 2.35. The van der Waals surface area contributed by atoms with Gasteiger partial charge in [-0.25, -0.2) is 0 Å². The van der Waals surface area contributed by atoms with Crippen LogP contribution in [0.1, 0.15) is 19.8 Å². The average molecular weight is 226 g/mol. The lowest BCUT2D eigenvalue weighted by Crippen LogP contribution is -2.13. The third-order valence-electron chi connectivity index (χ3n) is 3.69. The Morgan fingerprint density at radius 2 is 2.12 bits per heavy atom. The summed E-state index contributed by atoms with van der Waals surface area (Å²) in [6, 6.07) is 10.4. The van der Waals surface area contributed by atoms with E-state index in [-0.39, 0.29) is 0 Å². The van der Waals surface area contributed by atoms with E-state index in [9.17, 15) is 0 Å². The molecule has 88 valence electrons. The minimum Gasteiger partial charge on any atom is -0.384 e. The van der Waals surface area contributed by atoms with E-state index in [1.165, 1.54) is 23.9 Å². The number of pyridine rings is 1. The van der Waals surface area contributed by atoms with Crippen molar-refractivity contribution < 1.29 is 0 Å². The predicted octanol–water partition coefficient (Wildman–Crippen LogP) is 3.69. The molecule has 17 heavy (non-hydrogen) atoms. The molecule has 1 aliphatic rings. The second-order valence-corrected chi connectivity index (χ2v) is 5.07. The van der Waals surface area contributed by atoms with Crippen LogP contribution >= 0.6 is 0 Å². The Morgan fingerprint density at radius 1 is 1.29 bits per heavy atom. The van der Waals surface area contributed by atoms with Crippen molar-refractivity contribution in [2.24, 2.45) is 11.8 Å². The highest BCUT2D eigenvalue weighted by Crippen LogP contribution is 2.36. The van der Waals surface area contributed by atoms with Gasteiger partial charge < -0.3 is 5.32 Å². The summed E-state index contributed by atoms with van der Waals surface area (Å²) in [7, 11) is 0. The van der Waals surface area contributed by atoms with Gasteiger partial charge >= 0.3 is 0 Å². The number of anilines is 1. The van der Waals surface area contributed by atoms with Crippen molar-refractivity contribution in [1.29, 1.82) is 0 Å². The summed E-state index contributed by atoms with van der Waals surface area (Å²) >= 11 is 0. The van der Waals surface area contributed by atoms with Crippen LogP contribution in [-0.2, 0) is 0 Å². The van der Waals surface area contributed by atoms with Gasteiger partial charge in [0, 0.05) is 23.8 Å². The third kappa shape index (κ3) is 2.26. The van der Waals surface area contributed by atoms with Crippen LogP contribution < -0.4 is 5.32 Å². The van der Waals surface area contributed by atoms with E-state index in [1.54, 1.807) is 0 Å². The molecule has 2 aromatic rings. The average Bonchev–Trinajstić information content (AvgIpc) is 3.20. The highest BCUT2D eigenvalue weighted by atomic mass is 14.9. The van der Waals surface area contributed by atoms with Crippen LogP contribution in [-0.4, -0.2) is 11.5 Å². The first-order valence-corrected chi connectivity index (χ1v) is 6.42. The van der Waals surface area contributed by atoms with E-state index in [2.05, 4.69) is 41.5 Å². The number of hydrogen-bond acceptors (Lipinski definition) is 2. The Kier molecular flexibility index (Phi) is 2.71. The molecule has 0 saturated heterocycles. The Balaban J connectivity index is 1.79. The second kappa shape index (κ2) is 4.36. The SMILES string of the molecule is CC(CNc1ccnc2ccccc12)C1CC1. The summed E-state index contributed by atoms with van der Waals surface area (Å²) in [4.78, 5) is 4.38. The van der Waals surface area contributed by atoms with Crippen LogP contribution in [0.3, 0.4) is 0 Å². The zero-order valence-corrected chi connectivity index (χ0v) is 10.2. The van der Waals surface area contributed by atoms with Crippen LogP contribution in [0.4, 0.5) is 5.69 Å². The van der Waals surface area contributed by atoms with Gasteiger partial charge in [0.2, 0.25) is 0 Å². The van der Waals surface area contributed by atoms with Gasteiger partial charge in [0.15, 0.2) is 0 Å². The quantitative estimate of drug-likeness (QED) is 0.860. The Labute approximate surface area is 102 Å². The molecule has 1 unspecified atom stereocenters. The van der Waals surface area contributed by atoms with Crippen molar-refractivity contribution >= 4 is 16.6 Å². The molecule has 0 radical (unpaired) electrons. The summed E-state index contributed by atoms with van der Waals surface area (Å²) in [6.45, 7) is 3.41. The number of fused-ring (bicyclic) bond motifs is 1. The van der Waals surface area contributed by atoms with Crippen molar-refractivity contribution in [3.63, 3.8) is 0 Å². The van der Waals surface area contributed by atoms with Crippen molar-refractivity contribution in [3.8, 4) is 0 Å². The van der Waals surface area contributed by atoms with E-state index >= 15 is 0 Å². The number of para-hydroxylation sites is 1. The molecule has 2 heteroatoms. The standard InChI is InChI=1S/C15H18N2/c1-11(12-6-7-12)10-17-15-8-9-16-14-5-3-2-4-13(14)15/h2-5,8-9,11-12H,6-7,10H2,1H3,(H,16,17). The van der Waals surface area contributed by atoms with E-state index in [0.29, 0.717) is 0 Å². The summed E-state index contributed by atoms with van der Waals surface area (Å²) in [5.41, 5.74) is 2.28. The van der Waals surface area contributed by atoms with Gasteiger partial charge in [-0.2, -0.15) is 0 Å². The summed E-state index contributed by atoms with van der Waals surface area (Å²) in [6.07, 6.45) is 4.71. The molecule has 0 aliphatic heterocycles. The number of nitrogens with zero attached hydrogens (tertiary/aromatic N) is 1. The molecule has 1 aliphatic carbocycles. The zero-order chi connectivity index (χ0) is 11.7. The van der Waals surface area contributed by atoms with Crippen molar-refractivity contribution in [2.75, 3.05) is 11.9 Å². The molecule has 1 fully saturated rings. The molecule has 2 nitrogen and oxygen atoms in total. The van der Waals surface area contributed by atoms with Crippen LogP contribution in [0.15, 0.2) is 36.5 Å². The first kappa shape index (κ1) is 10.6. The smallest absolute Gasteiger partial charge is 0.0722 e. The van der Waals surface area contributed by atoms with Crippen LogP contribution in [0.2, 0.25) is 0 Å². The van der Waals surface area contributed by atoms with Gasteiger partial charge in [-0.05, 0) is 36.8 Å². The molecule has 1 aromatic heterocycles. The monoisotopic (exact) mass is 226 g/mol. The van der Waals surface area contributed by atoms with Gasteiger partial charge in [0.05, 0.1) is 5.52 Å². The van der Waals surface area contributed by atoms with Gasteiger partial charge in [0.25, 0.3) is 0 Å². The Hall–Kier alpha value is -1.57. The molecule has 1 N–H and O–H groups in total. The highest BCUT2D eigenvalue weighted by Gasteiger charge is 2.27. The lowest BCUT2D eigenvalue weighted by Gasteiger charge is -2.14. The van der Waals surface area contributed by atoms with Gasteiger partial charge in [-0.3, -0.25) is 4.98 Å². The lowest BCUT2D eigenvalue weighted by atomic mass is 10.1. The molecule has 1 heterocycles. The molecule has 1 atom stereocenters. The van der Waals surface area contributed by atoms with E-state index < -0.39 is 0 Å².